The van der Waals surface area contributed by atoms with Gasteiger partial charge in [-0.3, -0.25) is 0 Å². The molecule has 0 heterocycles. The number of aryl methyl sites for hydroxylation is 1. The molecule has 19 heavy (non-hydrogen) atoms. The van der Waals surface area contributed by atoms with E-state index in [1.807, 2.05) is 18.2 Å². The standard InChI is InChI=1S/C18H20O/c1-3-14-19-18-15(2)8-7-11-17(18)13-12-16-9-5-4-6-10-16/h4-13H,3,14H2,1-2H3. The van der Waals surface area contributed by atoms with Crippen LogP contribution in [0.1, 0.15) is 30.0 Å². The van der Waals surface area contributed by atoms with E-state index in [-0.39, 0.29) is 0 Å². The molecule has 2 aromatic carbocycles. The molecule has 0 aliphatic heterocycles. The van der Waals surface area contributed by atoms with Crippen LogP contribution in [0.4, 0.5) is 0 Å². The Balaban J connectivity index is 2.24. The molecule has 0 fully saturated rings. The van der Waals surface area contributed by atoms with E-state index < -0.39 is 0 Å². The van der Waals surface area contributed by atoms with Crippen LogP contribution in [0, 0.1) is 6.92 Å². The van der Waals surface area contributed by atoms with Crippen LogP contribution in [0.2, 0.25) is 0 Å². The second kappa shape index (κ2) is 6.79. The Morgan fingerprint density at radius 3 is 2.47 bits per heavy atom. The third kappa shape index (κ3) is 3.72. The van der Waals surface area contributed by atoms with Gasteiger partial charge in [-0.1, -0.05) is 67.6 Å². The molecule has 2 aromatic rings. The van der Waals surface area contributed by atoms with Gasteiger partial charge < -0.3 is 4.74 Å². The lowest BCUT2D eigenvalue weighted by atomic mass is 10.1. The van der Waals surface area contributed by atoms with Crippen molar-refractivity contribution in [1.82, 2.24) is 0 Å². The topological polar surface area (TPSA) is 9.23 Å². The fourth-order valence-corrected chi connectivity index (χ4v) is 1.96. The summed E-state index contributed by atoms with van der Waals surface area (Å²) < 4.78 is 5.85. The van der Waals surface area contributed by atoms with E-state index in [0.717, 1.165) is 24.3 Å². The summed E-state index contributed by atoms with van der Waals surface area (Å²) in [4.78, 5) is 0. The maximum atomic E-state index is 5.85. The summed E-state index contributed by atoms with van der Waals surface area (Å²) in [6.07, 6.45) is 5.26. The molecule has 0 aliphatic rings. The first-order chi connectivity index (χ1) is 9.31. The lowest BCUT2D eigenvalue weighted by Crippen LogP contribution is -1.98. The first-order valence-corrected chi connectivity index (χ1v) is 6.77. The van der Waals surface area contributed by atoms with E-state index in [2.05, 4.69) is 56.3 Å². The van der Waals surface area contributed by atoms with E-state index in [1.165, 1.54) is 11.1 Å². The van der Waals surface area contributed by atoms with Crippen molar-refractivity contribution in [3.8, 4) is 5.75 Å². The number of ether oxygens (including phenoxy) is 1. The van der Waals surface area contributed by atoms with Gasteiger partial charge in [0, 0.05) is 5.56 Å². The molecule has 1 heteroatoms. The van der Waals surface area contributed by atoms with Gasteiger partial charge in [0.2, 0.25) is 0 Å². The van der Waals surface area contributed by atoms with Gasteiger partial charge in [-0.25, -0.2) is 0 Å². The van der Waals surface area contributed by atoms with Crippen molar-refractivity contribution in [3.05, 3.63) is 65.2 Å². The Morgan fingerprint density at radius 1 is 0.947 bits per heavy atom. The summed E-state index contributed by atoms with van der Waals surface area (Å²) in [5.74, 6) is 0.997. The largest absolute Gasteiger partial charge is 0.493 e. The van der Waals surface area contributed by atoms with Gasteiger partial charge in [0.1, 0.15) is 5.75 Å². The molecule has 0 spiro atoms. The fraction of sp³-hybridized carbons (Fsp3) is 0.222. The first kappa shape index (κ1) is 13.4. The van der Waals surface area contributed by atoms with Crippen LogP contribution < -0.4 is 4.74 Å². The number of rotatable bonds is 5. The van der Waals surface area contributed by atoms with E-state index in [1.54, 1.807) is 0 Å². The summed E-state index contributed by atoms with van der Waals surface area (Å²) in [6, 6.07) is 16.6. The Bertz CT molecular complexity index is 541. The van der Waals surface area contributed by atoms with Gasteiger partial charge in [0.05, 0.1) is 6.61 Å². The lowest BCUT2D eigenvalue weighted by molar-refractivity contribution is 0.314. The Hall–Kier alpha value is -2.02. The number of benzene rings is 2. The molecular weight excluding hydrogens is 232 g/mol. The van der Waals surface area contributed by atoms with Gasteiger partial charge in [0.15, 0.2) is 0 Å². The van der Waals surface area contributed by atoms with E-state index in [4.69, 9.17) is 4.74 Å². The van der Waals surface area contributed by atoms with Crippen LogP contribution in [-0.2, 0) is 0 Å². The summed E-state index contributed by atoms with van der Waals surface area (Å²) in [5.41, 5.74) is 3.52. The highest BCUT2D eigenvalue weighted by Gasteiger charge is 2.03. The van der Waals surface area contributed by atoms with Crippen molar-refractivity contribution in [2.24, 2.45) is 0 Å². The van der Waals surface area contributed by atoms with Gasteiger partial charge >= 0.3 is 0 Å². The molecule has 0 N–H and O–H groups in total. The smallest absolute Gasteiger partial charge is 0.129 e. The van der Waals surface area contributed by atoms with E-state index in [0.29, 0.717) is 0 Å². The monoisotopic (exact) mass is 252 g/mol. The zero-order chi connectivity index (χ0) is 13.5. The van der Waals surface area contributed by atoms with Gasteiger partial charge in [0.25, 0.3) is 0 Å². The molecule has 0 aliphatic carbocycles. The minimum atomic E-state index is 0.761. The Morgan fingerprint density at radius 2 is 1.74 bits per heavy atom. The molecule has 1 nitrogen and oxygen atoms in total. The summed E-state index contributed by atoms with van der Waals surface area (Å²) in [7, 11) is 0. The normalized spacial score (nSPS) is 10.8. The SMILES string of the molecule is CCCOc1c(C)cccc1C=Cc1ccccc1. The Kier molecular flexibility index (Phi) is 4.79. The summed E-state index contributed by atoms with van der Waals surface area (Å²) in [5, 5.41) is 0. The quantitative estimate of drug-likeness (QED) is 0.684. The maximum Gasteiger partial charge on any atom is 0.129 e. The van der Waals surface area contributed by atoms with Crippen LogP contribution in [0.15, 0.2) is 48.5 Å². The number of para-hydroxylation sites is 1. The van der Waals surface area contributed by atoms with E-state index in [9.17, 15) is 0 Å². The van der Waals surface area contributed by atoms with Gasteiger partial charge in [-0.05, 0) is 24.5 Å². The van der Waals surface area contributed by atoms with Crippen molar-refractivity contribution in [1.29, 1.82) is 0 Å². The lowest BCUT2D eigenvalue weighted by Gasteiger charge is -2.11. The molecule has 0 aromatic heterocycles. The second-order valence-electron chi connectivity index (χ2n) is 4.59. The predicted molar refractivity (Wildman–Crippen MR) is 82.3 cm³/mol. The molecule has 2 rings (SSSR count). The predicted octanol–water partition coefficient (Wildman–Crippen LogP) is 4.95. The first-order valence-electron chi connectivity index (χ1n) is 6.77. The third-order valence-electron chi connectivity index (χ3n) is 2.95. The summed E-state index contributed by atoms with van der Waals surface area (Å²) >= 11 is 0. The zero-order valence-corrected chi connectivity index (χ0v) is 11.6. The number of hydrogen-bond acceptors (Lipinski definition) is 1. The molecule has 0 atom stereocenters. The molecule has 0 saturated carbocycles. The van der Waals surface area contributed by atoms with Crippen molar-refractivity contribution in [3.63, 3.8) is 0 Å². The molecule has 0 unspecified atom stereocenters. The molecule has 98 valence electrons. The van der Waals surface area contributed by atoms with Crippen molar-refractivity contribution in [2.75, 3.05) is 6.61 Å². The van der Waals surface area contributed by atoms with E-state index >= 15 is 0 Å². The zero-order valence-electron chi connectivity index (χ0n) is 11.6. The fourth-order valence-electron chi connectivity index (χ4n) is 1.96. The number of hydrogen-bond donors (Lipinski definition) is 0. The second-order valence-corrected chi connectivity index (χ2v) is 4.59. The highest BCUT2D eigenvalue weighted by Crippen LogP contribution is 2.25. The molecule has 0 bridgehead atoms. The van der Waals surface area contributed by atoms with Crippen LogP contribution >= 0.6 is 0 Å². The molecule has 0 amide bonds. The van der Waals surface area contributed by atoms with Crippen LogP contribution in [-0.4, -0.2) is 6.61 Å². The maximum absolute atomic E-state index is 5.85. The highest BCUT2D eigenvalue weighted by atomic mass is 16.5. The van der Waals surface area contributed by atoms with Crippen LogP contribution in [0.3, 0.4) is 0 Å². The molecule has 0 radical (unpaired) electrons. The average Bonchev–Trinajstić information content (AvgIpc) is 2.45. The minimum absolute atomic E-state index is 0.761. The van der Waals surface area contributed by atoms with Crippen molar-refractivity contribution >= 4 is 12.2 Å². The average molecular weight is 252 g/mol. The molecule has 0 saturated heterocycles. The highest BCUT2D eigenvalue weighted by molar-refractivity contribution is 5.73. The van der Waals surface area contributed by atoms with Crippen molar-refractivity contribution in [2.45, 2.75) is 20.3 Å². The van der Waals surface area contributed by atoms with Crippen LogP contribution in [0.5, 0.6) is 5.75 Å². The third-order valence-corrected chi connectivity index (χ3v) is 2.95. The van der Waals surface area contributed by atoms with Gasteiger partial charge in [-0.15, -0.1) is 0 Å². The summed E-state index contributed by atoms with van der Waals surface area (Å²) in [6.45, 7) is 4.97. The molecular formula is C18H20O. The van der Waals surface area contributed by atoms with Crippen LogP contribution in [0.25, 0.3) is 12.2 Å². The van der Waals surface area contributed by atoms with Gasteiger partial charge in [-0.2, -0.15) is 0 Å². The Labute approximate surface area is 115 Å². The van der Waals surface area contributed by atoms with Crippen molar-refractivity contribution < 1.29 is 4.74 Å². The minimum Gasteiger partial charge on any atom is -0.493 e.